The molecule has 2 heterocycles. The molecule has 2 aliphatic rings. The van der Waals surface area contributed by atoms with Crippen LogP contribution in [0.2, 0.25) is 0 Å². The molecule has 2 saturated heterocycles. The number of carboxylic acid groups (broad SMARTS) is 1. The Labute approximate surface area is 149 Å². The molecule has 3 rings (SSSR count). The molecule has 2 fully saturated rings. The second kappa shape index (κ2) is 7.97. The van der Waals surface area contributed by atoms with Gasteiger partial charge in [-0.2, -0.15) is 0 Å². The number of piperazine rings is 1. The van der Waals surface area contributed by atoms with Gasteiger partial charge in [0.1, 0.15) is 6.04 Å². The second-order valence-electron chi connectivity index (χ2n) is 7.11. The molecule has 1 aromatic carbocycles. The summed E-state index contributed by atoms with van der Waals surface area (Å²) in [7, 11) is 0. The van der Waals surface area contributed by atoms with Crippen LogP contribution in [0.15, 0.2) is 24.3 Å². The molecule has 1 amide bonds. The van der Waals surface area contributed by atoms with Crippen LogP contribution in [0.1, 0.15) is 24.0 Å². The van der Waals surface area contributed by atoms with Crippen LogP contribution in [0, 0.1) is 6.92 Å². The molecule has 2 aliphatic heterocycles. The Bertz CT molecular complexity index is 626. The predicted octanol–water partition coefficient (Wildman–Crippen LogP) is 1.19. The first-order chi connectivity index (χ1) is 12.0. The first kappa shape index (κ1) is 17.9. The van der Waals surface area contributed by atoms with Gasteiger partial charge < -0.3 is 10.0 Å². The summed E-state index contributed by atoms with van der Waals surface area (Å²) in [6, 6.07) is 8.04. The normalized spacial score (nSPS) is 22.3. The number of hydrogen-bond donors (Lipinski definition) is 1. The summed E-state index contributed by atoms with van der Waals surface area (Å²) in [5, 5.41) is 9.23. The third-order valence-corrected chi connectivity index (χ3v) is 5.20. The first-order valence-electron chi connectivity index (χ1n) is 9.05. The molecule has 0 aromatic heterocycles. The zero-order valence-electron chi connectivity index (χ0n) is 14.9. The molecule has 6 nitrogen and oxygen atoms in total. The Morgan fingerprint density at radius 3 is 2.60 bits per heavy atom. The number of carbonyl (C=O) groups excluding carboxylic acids is 1. The van der Waals surface area contributed by atoms with Crippen LogP contribution in [0.5, 0.6) is 0 Å². The molecule has 1 aromatic rings. The lowest BCUT2D eigenvalue weighted by atomic mass is 10.1. The van der Waals surface area contributed by atoms with E-state index in [9.17, 15) is 14.7 Å². The van der Waals surface area contributed by atoms with Crippen LogP contribution in [0.25, 0.3) is 0 Å². The van der Waals surface area contributed by atoms with Crippen molar-refractivity contribution >= 4 is 11.9 Å². The number of aryl methyl sites for hydroxylation is 1. The molecule has 25 heavy (non-hydrogen) atoms. The molecule has 1 N–H and O–H groups in total. The Morgan fingerprint density at radius 1 is 1.16 bits per heavy atom. The van der Waals surface area contributed by atoms with Crippen LogP contribution in [0.4, 0.5) is 0 Å². The average molecular weight is 345 g/mol. The van der Waals surface area contributed by atoms with Crippen LogP contribution < -0.4 is 0 Å². The van der Waals surface area contributed by atoms with Crippen molar-refractivity contribution in [2.45, 2.75) is 32.4 Å². The number of benzene rings is 1. The van der Waals surface area contributed by atoms with Gasteiger partial charge in [0.05, 0.1) is 6.54 Å². The molecule has 0 saturated carbocycles. The van der Waals surface area contributed by atoms with Gasteiger partial charge in [0.25, 0.3) is 0 Å². The number of aliphatic carboxylic acids is 1. The Balaban J connectivity index is 1.47. The first-order valence-corrected chi connectivity index (χ1v) is 9.05. The molecular formula is C19H27N3O3. The van der Waals surface area contributed by atoms with E-state index in [1.165, 1.54) is 11.1 Å². The van der Waals surface area contributed by atoms with Crippen molar-refractivity contribution in [3.63, 3.8) is 0 Å². The summed E-state index contributed by atoms with van der Waals surface area (Å²) in [6.07, 6.45) is 1.50. The Kier molecular flexibility index (Phi) is 5.71. The van der Waals surface area contributed by atoms with Crippen LogP contribution in [0.3, 0.4) is 0 Å². The second-order valence-corrected chi connectivity index (χ2v) is 7.11. The maximum atomic E-state index is 12.5. The zero-order chi connectivity index (χ0) is 17.8. The highest BCUT2D eigenvalue weighted by Crippen LogP contribution is 2.18. The van der Waals surface area contributed by atoms with Crippen molar-refractivity contribution in [2.24, 2.45) is 0 Å². The van der Waals surface area contributed by atoms with Gasteiger partial charge in [-0.05, 0) is 31.9 Å². The Morgan fingerprint density at radius 2 is 1.92 bits per heavy atom. The SMILES string of the molecule is Cc1cccc(CN2CCN(C(=O)CN3CCCC3C(=O)O)CC2)c1. The number of amides is 1. The van der Waals surface area contributed by atoms with E-state index >= 15 is 0 Å². The topological polar surface area (TPSA) is 64.1 Å². The highest BCUT2D eigenvalue weighted by atomic mass is 16.4. The number of hydrogen-bond acceptors (Lipinski definition) is 4. The minimum atomic E-state index is -0.812. The van der Waals surface area contributed by atoms with E-state index in [1.54, 1.807) is 0 Å². The molecular weight excluding hydrogens is 318 g/mol. The van der Waals surface area contributed by atoms with Crippen molar-refractivity contribution in [2.75, 3.05) is 39.3 Å². The maximum absolute atomic E-state index is 12.5. The number of rotatable bonds is 5. The smallest absolute Gasteiger partial charge is 0.320 e. The number of nitrogens with zero attached hydrogens (tertiary/aromatic N) is 3. The van der Waals surface area contributed by atoms with Gasteiger partial charge in [-0.15, -0.1) is 0 Å². The molecule has 136 valence electrons. The van der Waals surface area contributed by atoms with E-state index in [1.807, 2.05) is 9.80 Å². The summed E-state index contributed by atoms with van der Waals surface area (Å²) in [5.41, 5.74) is 2.58. The lowest BCUT2D eigenvalue weighted by molar-refractivity contribution is -0.143. The molecule has 0 aliphatic carbocycles. The molecule has 1 atom stereocenters. The highest BCUT2D eigenvalue weighted by molar-refractivity contribution is 5.80. The largest absolute Gasteiger partial charge is 0.480 e. The lowest BCUT2D eigenvalue weighted by Crippen LogP contribution is -2.51. The van der Waals surface area contributed by atoms with Crippen LogP contribution >= 0.6 is 0 Å². The third-order valence-electron chi connectivity index (χ3n) is 5.20. The van der Waals surface area contributed by atoms with Gasteiger partial charge in [-0.1, -0.05) is 29.8 Å². The summed E-state index contributed by atoms with van der Waals surface area (Å²) in [5.74, 6) is -0.753. The number of carbonyl (C=O) groups is 2. The van der Waals surface area contributed by atoms with Gasteiger partial charge in [-0.25, -0.2) is 0 Å². The fourth-order valence-corrected chi connectivity index (χ4v) is 3.79. The quantitative estimate of drug-likeness (QED) is 0.868. The van der Waals surface area contributed by atoms with E-state index < -0.39 is 12.0 Å². The molecule has 1 unspecified atom stereocenters. The standard InChI is InChI=1S/C19H27N3O3/c1-15-4-2-5-16(12-15)13-20-8-10-21(11-9-20)18(23)14-22-7-3-6-17(22)19(24)25/h2,4-5,12,17H,3,6-11,13-14H2,1H3,(H,24,25). The monoisotopic (exact) mass is 345 g/mol. The fraction of sp³-hybridized carbons (Fsp3) is 0.579. The van der Waals surface area contributed by atoms with E-state index in [2.05, 4.69) is 36.1 Å². The van der Waals surface area contributed by atoms with Gasteiger partial charge >= 0.3 is 5.97 Å². The average Bonchev–Trinajstić information content (AvgIpc) is 3.04. The van der Waals surface area contributed by atoms with Crippen molar-refractivity contribution in [1.29, 1.82) is 0 Å². The van der Waals surface area contributed by atoms with Crippen LogP contribution in [-0.2, 0) is 16.1 Å². The van der Waals surface area contributed by atoms with Gasteiger partial charge in [0, 0.05) is 32.7 Å². The van der Waals surface area contributed by atoms with Crippen molar-refractivity contribution in [3.05, 3.63) is 35.4 Å². The van der Waals surface area contributed by atoms with Gasteiger partial charge in [0.15, 0.2) is 0 Å². The number of likely N-dealkylation sites (tertiary alicyclic amines) is 1. The summed E-state index contributed by atoms with van der Waals surface area (Å²) < 4.78 is 0. The molecule has 0 spiro atoms. The number of carboxylic acids is 1. The minimum Gasteiger partial charge on any atom is -0.480 e. The van der Waals surface area contributed by atoms with Gasteiger partial charge in [0.2, 0.25) is 5.91 Å². The van der Waals surface area contributed by atoms with Gasteiger partial charge in [-0.3, -0.25) is 19.4 Å². The van der Waals surface area contributed by atoms with Crippen molar-refractivity contribution in [3.8, 4) is 0 Å². The highest BCUT2D eigenvalue weighted by Gasteiger charge is 2.33. The minimum absolute atomic E-state index is 0.0587. The lowest BCUT2D eigenvalue weighted by Gasteiger charge is -2.35. The Hall–Kier alpha value is -1.92. The third kappa shape index (κ3) is 4.58. The predicted molar refractivity (Wildman–Crippen MR) is 95.3 cm³/mol. The van der Waals surface area contributed by atoms with E-state index in [4.69, 9.17) is 0 Å². The van der Waals surface area contributed by atoms with E-state index in [0.717, 1.165) is 39.1 Å². The van der Waals surface area contributed by atoms with Crippen molar-refractivity contribution < 1.29 is 14.7 Å². The molecule has 0 bridgehead atoms. The molecule has 0 radical (unpaired) electrons. The van der Waals surface area contributed by atoms with E-state index in [0.29, 0.717) is 13.0 Å². The van der Waals surface area contributed by atoms with Crippen LogP contribution in [-0.4, -0.2) is 77.0 Å². The summed E-state index contributed by atoms with van der Waals surface area (Å²) >= 11 is 0. The summed E-state index contributed by atoms with van der Waals surface area (Å²) in [6.45, 7) is 7.11. The van der Waals surface area contributed by atoms with E-state index in [-0.39, 0.29) is 12.5 Å². The summed E-state index contributed by atoms with van der Waals surface area (Å²) in [4.78, 5) is 29.8. The fourth-order valence-electron chi connectivity index (χ4n) is 3.79. The molecule has 6 heteroatoms. The zero-order valence-corrected chi connectivity index (χ0v) is 14.9. The maximum Gasteiger partial charge on any atom is 0.320 e. The van der Waals surface area contributed by atoms with Crippen molar-refractivity contribution in [1.82, 2.24) is 14.7 Å².